The summed E-state index contributed by atoms with van der Waals surface area (Å²) in [4.78, 5) is 24.2. The predicted molar refractivity (Wildman–Crippen MR) is 96.9 cm³/mol. The van der Waals surface area contributed by atoms with E-state index in [1.165, 1.54) is 0 Å². The summed E-state index contributed by atoms with van der Waals surface area (Å²) in [5.41, 5.74) is 4.90. The van der Waals surface area contributed by atoms with Crippen molar-refractivity contribution in [1.29, 1.82) is 0 Å². The van der Waals surface area contributed by atoms with E-state index in [9.17, 15) is 14.7 Å². The summed E-state index contributed by atoms with van der Waals surface area (Å²) >= 11 is 1.57. The van der Waals surface area contributed by atoms with Crippen molar-refractivity contribution < 1.29 is 19.4 Å². The molecule has 1 atom stereocenters. The molecule has 1 aliphatic rings. The fourth-order valence-electron chi connectivity index (χ4n) is 2.81. The summed E-state index contributed by atoms with van der Waals surface area (Å²) in [6.45, 7) is 0. The van der Waals surface area contributed by atoms with Crippen LogP contribution in [0.5, 0.6) is 5.75 Å². The molecular weight excluding hydrogens is 352 g/mol. The van der Waals surface area contributed by atoms with Crippen LogP contribution in [-0.2, 0) is 9.59 Å². The lowest BCUT2D eigenvalue weighted by Crippen LogP contribution is -2.39. The van der Waals surface area contributed by atoms with E-state index in [4.69, 9.17) is 4.74 Å². The first-order chi connectivity index (χ1) is 12.6. The Balaban J connectivity index is 1.81. The normalized spacial score (nSPS) is 16.1. The Labute approximate surface area is 155 Å². The average Bonchev–Trinajstić information content (AvgIpc) is 3.30. The minimum Gasteiger partial charge on any atom is -0.550 e. The van der Waals surface area contributed by atoms with Crippen LogP contribution >= 0.6 is 11.3 Å². The first kappa shape index (κ1) is 18.0. The molecule has 136 valence electrons. The van der Waals surface area contributed by atoms with E-state index < -0.39 is 5.97 Å². The zero-order chi connectivity index (χ0) is 18.5. The van der Waals surface area contributed by atoms with Crippen molar-refractivity contribution in [2.75, 3.05) is 7.11 Å². The highest BCUT2D eigenvalue weighted by atomic mass is 32.1. The first-order valence-electron chi connectivity index (χ1n) is 8.26. The number of benzene rings is 1. The molecule has 7 heteroatoms. The molecule has 0 saturated carbocycles. The maximum absolute atomic E-state index is 12.6. The predicted octanol–water partition coefficient (Wildman–Crippen LogP) is 2.11. The highest BCUT2D eigenvalue weighted by Gasteiger charge is 2.31. The molecule has 1 aromatic carbocycles. The molecule has 0 aliphatic carbocycles. The number of nitrogens with zero attached hydrogens (tertiary/aromatic N) is 1. The molecule has 2 heterocycles. The van der Waals surface area contributed by atoms with E-state index in [1.54, 1.807) is 23.5 Å². The van der Waals surface area contributed by atoms with E-state index in [0.29, 0.717) is 0 Å². The van der Waals surface area contributed by atoms with Crippen LogP contribution in [-0.4, -0.2) is 24.0 Å². The number of hydrogen-bond donors (Lipinski definition) is 1. The first-order valence-corrected chi connectivity index (χ1v) is 9.14. The number of carboxylic acid groups (broad SMARTS) is 1. The fourth-order valence-corrected chi connectivity index (χ4v) is 3.60. The third-order valence-corrected chi connectivity index (χ3v) is 5.04. The lowest BCUT2D eigenvalue weighted by atomic mass is 10.1. The number of rotatable bonds is 7. The second kappa shape index (κ2) is 8.05. The zero-order valence-electron chi connectivity index (χ0n) is 14.3. The van der Waals surface area contributed by atoms with Crippen LogP contribution < -0.4 is 15.3 Å². The molecule has 0 radical (unpaired) electrons. The van der Waals surface area contributed by atoms with E-state index >= 15 is 0 Å². The largest absolute Gasteiger partial charge is 0.550 e. The smallest absolute Gasteiger partial charge is 0.241 e. The van der Waals surface area contributed by atoms with Gasteiger partial charge in [-0.15, -0.1) is 11.3 Å². The Bertz CT molecular complexity index is 817. The molecule has 2 aromatic rings. The fraction of sp³-hybridized carbons (Fsp3) is 0.263. The van der Waals surface area contributed by atoms with Crippen LogP contribution in [0.4, 0.5) is 0 Å². The number of aliphatic carboxylic acids is 1. The molecule has 0 fully saturated rings. The third kappa shape index (κ3) is 4.05. The van der Waals surface area contributed by atoms with Gasteiger partial charge in [-0.25, -0.2) is 5.01 Å². The monoisotopic (exact) mass is 371 g/mol. The minimum atomic E-state index is -1.14. The molecule has 0 saturated heterocycles. The molecule has 0 spiro atoms. The van der Waals surface area contributed by atoms with Crippen LogP contribution in [0.25, 0.3) is 5.70 Å². The van der Waals surface area contributed by atoms with Crippen LogP contribution in [0.3, 0.4) is 0 Å². The van der Waals surface area contributed by atoms with Crippen LogP contribution in [0.2, 0.25) is 0 Å². The lowest BCUT2D eigenvalue weighted by molar-refractivity contribution is -0.305. The van der Waals surface area contributed by atoms with Gasteiger partial charge in [0.2, 0.25) is 5.91 Å². The van der Waals surface area contributed by atoms with Crippen molar-refractivity contribution >= 4 is 28.9 Å². The summed E-state index contributed by atoms with van der Waals surface area (Å²) in [7, 11) is 1.61. The summed E-state index contributed by atoms with van der Waals surface area (Å²) in [6, 6.07) is 11.3. The Morgan fingerprint density at radius 1 is 1.27 bits per heavy atom. The number of carboxylic acids is 1. The van der Waals surface area contributed by atoms with Gasteiger partial charge >= 0.3 is 0 Å². The number of thiophene rings is 1. The van der Waals surface area contributed by atoms with Crippen LogP contribution in [0, 0.1) is 0 Å². The average molecular weight is 371 g/mol. The van der Waals surface area contributed by atoms with Gasteiger partial charge in [0.05, 0.1) is 12.8 Å². The molecule has 0 unspecified atom stereocenters. The minimum absolute atomic E-state index is 0.126. The van der Waals surface area contributed by atoms with Crippen molar-refractivity contribution in [1.82, 2.24) is 10.4 Å². The van der Waals surface area contributed by atoms with Gasteiger partial charge in [-0.05, 0) is 42.5 Å². The quantitative estimate of drug-likeness (QED) is 0.806. The molecule has 1 aromatic heterocycles. The maximum Gasteiger partial charge on any atom is 0.241 e. The Kier molecular flexibility index (Phi) is 5.58. The van der Waals surface area contributed by atoms with Gasteiger partial charge in [0, 0.05) is 22.8 Å². The second-order valence-electron chi connectivity index (χ2n) is 5.87. The standard InChI is InChI=1S/C19H20N2O4S/c1-25-14-6-2-5-13(11-14)15-12-16(17-7-4-10-26-17)21(20-15)18(22)8-3-9-19(23)24/h2,4-7,10-12,16,20H,3,8-9H2,1H3,(H,23,24)/p-1/t16-/m1/s1. The number of methoxy groups -OCH3 is 1. The zero-order valence-corrected chi connectivity index (χ0v) is 15.1. The number of nitrogens with one attached hydrogen (secondary N) is 1. The molecule has 6 nitrogen and oxygen atoms in total. The highest BCUT2D eigenvalue weighted by molar-refractivity contribution is 7.10. The molecule has 1 amide bonds. The highest BCUT2D eigenvalue weighted by Crippen LogP contribution is 2.34. The van der Waals surface area contributed by atoms with Gasteiger partial charge in [0.25, 0.3) is 0 Å². The summed E-state index contributed by atoms with van der Waals surface area (Å²) < 4.78 is 5.27. The summed E-state index contributed by atoms with van der Waals surface area (Å²) in [5, 5.41) is 14.1. The second-order valence-corrected chi connectivity index (χ2v) is 6.85. The van der Waals surface area contributed by atoms with Crippen molar-refractivity contribution in [2.45, 2.75) is 25.3 Å². The molecule has 0 bridgehead atoms. The van der Waals surface area contributed by atoms with Gasteiger partial charge in [-0.3, -0.25) is 10.2 Å². The molecule has 3 rings (SSSR count). The van der Waals surface area contributed by atoms with E-state index in [-0.39, 0.29) is 31.2 Å². The number of ether oxygens (including phenoxy) is 1. The van der Waals surface area contributed by atoms with E-state index in [1.807, 2.05) is 47.9 Å². The summed E-state index contributed by atoms with van der Waals surface area (Å²) in [5.74, 6) is -0.562. The van der Waals surface area contributed by atoms with Gasteiger partial charge in [0.15, 0.2) is 0 Å². The van der Waals surface area contributed by atoms with Crippen molar-refractivity contribution in [3.05, 3.63) is 58.3 Å². The van der Waals surface area contributed by atoms with E-state index in [2.05, 4.69) is 5.43 Å². The van der Waals surface area contributed by atoms with Gasteiger partial charge in [-0.1, -0.05) is 18.2 Å². The third-order valence-electron chi connectivity index (χ3n) is 4.10. The Morgan fingerprint density at radius 2 is 2.12 bits per heavy atom. The molecular formula is C19H19N2O4S-. The number of carbonyl (C=O) groups is 2. The SMILES string of the molecule is COc1cccc(C2=C[C@H](c3cccs3)N(C(=O)CCCC(=O)[O-])N2)c1. The Morgan fingerprint density at radius 3 is 2.81 bits per heavy atom. The molecule has 1 aliphatic heterocycles. The molecule has 26 heavy (non-hydrogen) atoms. The van der Waals surface area contributed by atoms with Crippen molar-refractivity contribution in [2.24, 2.45) is 0 Å². The van der Waals surface area contributed by atoms with E-state index in [0.717, 1.165) is 21.9 Å². The lowest BCUT2D eigenvalue weighted by Gasteiger charge is -2.24. The Hall–Kier alpha value is -2.80. The number of amides is 1. The van der Waals surface area contributed by atoms with Crippen molar-refractivity contribution in [3.8, 4) is 5.75 Å². The number of carbonyl (C=O) groups excluding carboxylic acids is 2. The topological polar surface area (TPSA) is 81.7 Å². The van der Waals surface area contributed by atoms with Crippen LogP contribution in [0.1, 0.15) is 35.7 Å². The van der Waals surface area contributed by atoms with Crippen molar-refractivity contribution in [3.63, 3.8) is 0 Å². The van der Waals surface area contributed by atoms with Gasteiger partial charge in [0.1, 0.15) is 11.8 Å². The van der Waals surface area contributed by atoms with Crippen LogP contribution in [0.15, 0.2) is 47.9 Å². The van der Waals surface area contributed by atoms with Gasteiger partial charge in [-0.2, -0.15) is 0 Å². The number of hydrogen-bond acceptors (Lipinski definition) is 6. The molecule has 1 N–H and O–H groups in total. The summed E-state index contributed by atoms with van der Waals surface area (Å²) in [6.07, 6.45) is 2.27. The number of hydrazine groups is 1. The van der Waals surface area contributed by atoms with Gasteiger partial charge < -0.3 is 14.6 Å². The maximum atomic E-state index is 12.6.